The zero-order valence-corrected chi connectivity index (χ0v) is 11.7. The van der Waals surface area contributed by atoms with Gasteiger partial charge in [0.05, 0.1) is 5.37 Å². The fourth-order valence-electron chi connectivity index (χ4n) is 2.29. The lowest BCUT2D eigenvalue weighted by Gasteiger charge is -2.27. The SMILES string of the molecule is Cn1ncnc1NC(=O)N1C(C(=O)O)CSC1C1CC1. The molecule has 1 aliphatic carbocycles. The number of aromatic nitrogens is 3. The molecule has 0 aromatic carbocycles. The summed E-state index contributed by atoms with van der Waals surface area (Å²) < 4.78 is 1.43. The van der Waals surface area contributed by atoms with Gasteiger partial charge in [-0.3, -0.25) is 10.2 Å². The van der Waals surface area contributed by atoms with Crippen LogP contribution in [0.15, 0.2) is 6.33 Å². The first-order chi connectivity index (χ1) is 9.58. The second-order valence-electron chi connectivity index (χ2n) is 4.96. The van der Waals surface area contributed by atoms with Crippen LogP contribution < -0.4 is 5.32 Å². The molecule has 20 heavy (non-hydrogen) atoms. The topological polar surface area (TPSA) is 100 Å². The molecule has 2 heterocycles. The molecule has 2 N–H and O–H groups in total. The smallest absolute Gasteiger partial charge is 0.327 e. The predicted octanol–water partition coefficient (Wildman–Crippen LogP) is 0.585. The fourth-order valence-corrected chi connectivity index (χ4v) is 3.92. The van der Waals surface area contributed by atoms with Crippen LogP contribution in [0.5, 0.6) is 0 Å². The number of anilines is 1. The first-order valence-corrected chi connectivity index (χ1v) is 7.40. The lowest BCUT2D eigenvalue weighted by Crippen LogP contribution is -2.48. The highest BCUT2D eigenvalue weighted by Gasteiger charge is 2.48. The second-order valence-corrected chi connectivity index (χ2v) is 6.11. The maximum absolute atomic E-state index is 12.4. The summed E-state index contributed by atoms with van der Waals surface area (Å²) in [6.45, 7) is 0. The number of nitrogens with one attached hydrogen (secondary N) is 1. The minimum atomic E-state index is -0.964. The number of carbonyl (C=O) groups is 2. The van der Waals surface area contributed by atoms with E-state index >= 15 is 0 Å². The Hall–Kier alpha value is -1.77. The number of urea groups is 1. The molecule has 3 rings (SSSR count). The molecular weight excluding hydrogens is 282 g/mol. The molecule has 8 nitrogen and oxygen atoms in total. The van der Waals surface area contributed by atoms with Crippen LogP contribution >= 0.6 is 11.8 Å². The monoisotopic (exact) mass is 297 g/mol. The van der Waals surface area contributed by atoms with Gasteiger partial charge in [0, 0.05) is 12.8 Å². The van der Waals surface area contributed by atoms with Gasteiger partial charge in [-0.1, -0.05) is 0 Å². The average molecular weight is 297 g/mol. The summed E-state index contributed by atoms with van der Waals surface area (Å²) in [6.07, 6.45) is 3.44. The van der Waals surface area contributed by atoms with Crippen LogP contribution in [-0.2, 0) is 11.8 Å². The van der Waals surface area contributed by atoms with Gasteiger partial charge < -0.3 is 5.11 Å². The van der Waals surface area contributed by atoms with Gasteiger partial charge in [0.15, 0.2) is 0 Å². The minimum Gasteiger partial charge on any atom is -0.480 e. The van der Waals surface area contributed by atoms with Crippen molar-refractivity contribution in [3.05, 3.63) is 6.33 Å². The Morgan fingerprint density at radius 2 is 2.25 bits per heavy atom. The first-order valence-electron chi connectivity index (χ1n) is 6.35. The molecule has 1 aliphatic heterocycles. The van der Waals surface area contributed by atoms with E-state index in [1.807, 2.05) is 0 Å². The van der Waals surface area contributed by atoms with Crippen molar-refractivity contribution in [2.45, 2.75) is 24.3 Å². The maximum atomic E-state index is 12.4. The predicted molar refractivity (Wildman–Crippen MR) is 72.3 cm³/mol. The van der Waals surface area contributed by atoms with Gasteiger partial charge in [0.2, 0.25) is 5.95 Å². The van der Waals surface area contributed by atoms with Gasteiger partial charge in [-0.25, -0.2) is 14.3 Å². The number of carboxylic acids is 1. The van der Waals surface area contributed by atoms with Crippen LogP contribution in [0.2, 0.25) is 0 Å². The van der Waals surface area contributed by atoms with E-state index in [0.717, 1.165) is 12.8 Å². The Morgan fingerprint density at radius 3 is 2.80 bits per heavy atom. The highest BCUT2D eigenvalue weighted by atomic mass is 32.2. The zero-order chi connectivity index (χ0) is 14.3. The maximum Gasteiger partial charge on any atom is 0.327 e. The van der Waals surface area contributed by atoms with Crippen LogP contribution in [-0.4, -0.2) is 53.9 Å². The van der Waals surface area contributed by atoms with Crippen LogP contribution in [0.3, 0.4) is 0 Å². The molecule has 1 saturated heterocycles. The number of carboxylic acid groups (broad SMARTS) is 1. The van der Waals surface area contributed by atoms with Gasteiger partial charge in [-0.15, -0.1) is 11.8 Å². The molecule has 2 unspecified atom stereocenters. The molecule has 0 bridgehead atoms. The van der Waals surface area contributed by atoms with E-state index in [0.29, 0.717) is 17.6 Å². The molecule has 0 radical (unpaired) electrons. The van der Waals surface area contributed by atoms with E-state index in [2.05, 4.69) is 15.4 Å². The highest BCUT2D eigenvalue weighted by molar-refractivity contribution is 8.00. The molecule has 0 spiro atoms. The van der Waals surface area contributed by atoms with Crippen molar-refractivity contribution in [1.82, 2.24) is 19.7 Å². The Kier molecular flexibility index (Phi) is 3.28. The van der Waals surface area contributed by atoms with E-state index in [-0.39, 0.29) is 5.37 Å². The molecule has 1 saturated carbocycles. The van der Waals surface area contributed by atoms with Crippen molar-refractivity contribution in [2.24, 2.45) is 13.0 Å². The van der Waals surface area contributed by atoms with Crippen molar-refractivity contribution >= 4 is 29.7 Å². The van der Waals surface area contributed by atoms with Crippen LogP contribution in [0.1, 0.15) is 12.8 Å². The molecule has 2 aliphatic rings. The summed E-state index contributed by atoms with van der Waals surface area (Å²) in [5.74, 6) is 0.192. The van der Waals surface area contributed by atoms with Gasteiger partial charge in [-0.2, -0.15) is 10.1 Å². The van der Waals surface area contributed by atoms with Crippen molar-refractivity contribution in [3.63, 3.8) is 0 Å². The summed E-state index contributed by atoms with van der Waals surface area (Å²) in [7, 11) is 1.66. The number of aryl methyl sites for hydroxylation is 1. The molecule has 2 atom stereocenters. The highest BCUT2D eigenvalue weighted by Crippen LogP contribution is 2.45. The molecular formula is C11H15N5O3S. The van der Waals surface area contributed by atoms with Crippen molar-refractivity contribution in [3.8, 4) is 0 Å². The number of carbonyl (C=O) groups excluding carboxylic acids is 1. The van der Waals surface area contributed by atoms with Gasteiger partial charge >= 0.3 is 12.0 Å². The van der Waals surface area contributed by atoms with E-state index < -0.39 is 18.0 Å². The third-order valence-corrected chi connectivity index (χ3v) is 4.97. The first kappa shape index (κ1) is 13.2. The van der Waals surface area contributed by atoms with Gasteiger partial charge in [-0.05, 0) is 18.8 Å². The van der Waals surface area contributed by atoms with E-state index in [9.17, 15) is 14.7 Å². The van der Waals surface area contributed by atoms with Gasteiger partial charge in [0.25, 0.3) is 0 Å². The fraction of sp³-hybridized carbons (Fsp3) is 0.636. The molecule has 9 heteroatoms. The molecule has 108 valence electrons. The summed E-state index contributed by atoms with van der Waals surface area (Å²) in [5, 5.41) is 15.7. The average Bonchev–Trinajstić information content (AvgIpc) is 3.02. The Bertz CT molecular complexity index is 544. The van der Waals surface area contributed by atoms with E-state index in [1.165, 1.54) is 15.9 Å². The van der Waals surface area contributed by atoms with E-state index in [4.69, 9.17) is 0 Å². The minimum absolute atomic E-state index is 0.0515. The third-order valence-electron chi connectivity index (χ3n) is 3.51. The van der Waals surface area contributed by atoms with Gasteiger partial charge in [0.1, 0.15) is 12.4 Å². The molecule has 1 aromatic rings. The number of rotatable bonds is 3. The second kappa shape index (κ2) is 4.97. The number of aliphatic carboxylic acids is 1. The van der Waals surface area contributed by atoms with Crippen molar-refractivity contribution < 1.29 is 14.7 Å². The lowest BCUT2D eigenvalue weighted by atomic mass is 10.2. The summed E-state index contributed by atoms with van der Waals surface area (Å²) in [6, 6.07) is -1.20. The number of hydrogen-bond donors (Lipinski definition) is 2. The van der Waals surface area contributed by atoms with E-state index in [1.54, 1.807) is 18.8 Å². The van der Waals surface area contributed by atoms with Crippen molar-refractivity contribution in [2.75, 3.05) is 11.1 Å². The molecule has 2 fully saturated rings. The van der Waals surface area contributed by atoms with Crippen LogP contribution in [0, 0.1) is 5.92 Å². The normalized spacial score (nSPS) is 25.8. The lowest BCUT2D eigenvalue weighted by molar-refractivity contribution is -0.141. The summed E-state index contributed by atoms with van der Waals surface area (Å²) in [5.41, 5.74) is 0. The standard InChI is InChI=1S/C11H15N5O3S/c1-15-10(12-5-13-15)14-11(19)16-7(9(17)18)4-20-8(16)6-2-3-6/h5-8H,2-4H2,1H3,(H,17,18)(H,12,13,14,19). The number of thioether (sulfide) groups is 1. The summed E-state index contributed by atoms with van der Waals surface area (Å²) in [4.78, 5) is 29.1. The summed E-state index contributed by atoms with van der Waals surface area (Å²) >= 11 is 1.54. The van der Waals surface area contributed by atoms with Crippen molar-refractivity contribution in [1.29, 1.82) is 0 Å². The number of hydrogen-bond acceptors (Lipinski definition) is 5. The Balaban J connectivity index is 1.78. The molecule has 2 amide bonds. The largest absolute Gasteiger partial charge is 0.480 e. The Morgan fingerprint density at radius 1 is 1.50 bits per heavy atom. The van der Waals surface area contributed by atoms with Crippen LogP contribution in [0.4, 0.5) is 10.7 Å². The Labute approximate surface area is 119 Å². The quantitative estimate of drug-likeness (QED) is 0.846. The third kappa shape index (κ3) is 2.33. The molecule has 1 aromatic heterocycles. The van der Waals surface area contributed by atoms with Crippen LogP contribution in [0.25, 0.3) is 0 Å². The number of nitrogens with zero attached hydrogens (tertiary/aromatic N) is 4. The zero-order valence-electron chi connectivity index (χ0n) is 10.9. The number of amides is 2.